The Kier molecular flexibility index (Phi) is 4.21. The molecule has 0 bridgehead atoms. The van der Waals surface area contributed by atoms with Crippen molar-refractivity contribution in [2.45, 2.75) is 20.0 Å². The Labute approximate surface area is 102 Å². The van der Waals surface area contributed by atoms with E-state index in [2.05, 4.69) is 0 Å². The molecule has 18 heavy (non-hydrogen) atoms. The molecule has 0 saturated carbocycles. The maximum Gasteiger partial charge on any atom is 0.433 e. The standard InChI is InChI=1S/C11H10N2O5/c1-7(2)17-11(14)8(6-12)5-9-3-4-10(18-9)13(15)16/h3-5,7H,1-2H3/b8-5-. The Morgan fingerprint density at radius 1 is 1.61 bits per heavy atom. The van der Waals surface area contributed by atoms with Crippen LogP contribution in [0.5, 0.6) is 0 Å². The summed E-state index contributed by atoms with van der Waals surface area (Å²) in [6.45, 7) is 3.29. The van der Waals surface area contributed by atoms with Crippen molar-refractivity contribution < 1.29 is 18.9 Å². The average molecular weight is 250 g/mol. The van der Waals surface area contributed by atoms with E-state index in [9.17, 15) is 14.9 Å². The van der Waals surface area contributed by atoms with Gasteiger partial charge >= 0.3 is 11.9 Å². The second-order valence-corrected chi connectivity index (χ2v) is 3.56. The van der Waals surface area contributed by atoms with Crippen LogP contribution in [0, 0.1) is 21.4 Å². The molecule has 0 atom stereocenters. The molecule has 0 aliphatic heterocycles. The number of hydrogen-bond acceptors (Lipinski definition) is 6. The van der Waals surface area contributed by atoms with Gasteiger partial charge in [0.05, 0.1) is 12.2 Å². The van der Waals surface area contributed by atoms with Gasteiger partial charge in [0.15, 0.2) is 0 Å². The van der Waals surface area contributed by atoms with Gasteiger partial charge in [-0.1, -0.05) is 0 Å². The highest BCUT2D eigenvalue weighted by molar-refractivity contribution is 5.97. The highest BCUT2D eigenvalue weighted by atomic mass is 16.6. The van der Waals surface area contributed by atoms with Gasteiger partial charge in [-0.05, 0) is 19.9 Å². The topological polar surface area (TPSA) is 106 Å². The summed E-state index contributed by atoms with van der Waals surface area (Å²) in [6.07, 6.45) is 0.734. The molecule has 7 nitrogen and oxygen atoms in total. The summed E-state index contributed by atoms with van der Waals surface area (Å²) < 4.78 is 9.62. The first kappa shape index (κ1) is 13.4. The van der Waals surface area contributed by atoms with Crippen LogP contribution in [0.25, 0.3) is 6.08 Å². The lowest BCUT2D eigenvalue weighted by Crippen LogP contribution is -2.12. The zero-order chi connectivity index (χ0) is 13.7. The van der Waals surface area contributed by atoms with Gasteiger partial charge in [0, 0.05) is 6.08 Å². The number of carbonyl (C=O) groups is 1. The van der Waals surface area contributed by atoms with Crippen LogP contribution in [-0.2, 0) is 9.53 Å². The number of carbonyl (C=O) groups excluding carboxylic acids is 1. The van der Waals surface area contributed by atoms with E-state index in [0.29, 0.717) is 0 Å². The Hall–Kier alpha value is -2.62. The zero-order valence-electron chi connectivity index (χ0n) is 9.75. The Morgan fingerprint density at radius 3 is 2.72 bits per heavy atom. The van der Waals surface area contributed by atoms with Gasteiger partial charge in [0.25, 0.3) is 0 Å². The molecule has 94 valence electrons. The average Bonchev–Trinajstić information content (AvgIpc) is 2.73. The van der Waals surface area contributed by atoms with E-state index in [1.54, 1.807) is 19.9 Å². The second-order valence-electron chi connectivity index (χ2n) is 3.56. The third-order valence-electron chi connectivity index (χ3n) is 1.76. The molecular formula is C11H10N2O5. The van der Waals surface area contributed by atoms with Crippen molar-refractivity contribution in [2.24, 2.45) is 0 Å². The number of nitriles is 1. The van der Waals surface area contributed by atoms with Crippen LogP contribution in [0.2, 0.25) is 0 Å². The molecule has 0 aliphatic carbocycles. The van der Waals surface area contributed by atoms with Crippen LogP contribution in [-0.4, -0.2) is 17.0 Å². The molecule has 0 unspecified atom stereocenters. The first-order chi connectivity index (χ1) is 8.43. The summed E-state index contributed by atoms with van der Waals surface area (Å²) in [5.41, 5.74) is -0.284. The van der Waals surface area contributed by atoms with Gasteiger partial charge in [-0.3, -0.25) is 10.1 Å². The third-order valence-corrected chi connectivity index (χ3v) is 1.76. The van der Waals surface area contributed by atoms with Crippen molar-refractivity contribution in [1.82, 2.24) is 0 Å². The van der Waals surface area contributed by atoms with Crippen molar-refractivity contribution in [2.75, 3.05) is 0 Å². The number of nitro groups is 1. The number of nitrogens with zero attached hydrogens (tertiary/aromatic N) is 2. The van der Waals surface area contributed by atoms with Crippen molar-refractivity contribution in [3.63, 3.8) is 0 Å². The van der Waals surface area contributed by atoms with Crippen LogP contribution in [0.15, 0.2) is 22.1 Å². The summed E-state index contributed by atoms with van der Waals surface area (Å²) in [7, 11) is 0. The molecular weight excluding hydrogens is 240 g/mol. The van der Waals surface area contributed by atoms with Gasteiger partial charge < -0.3 is 9.15 Å². The van der Waals surface area contributed by atoms with Crippen LogP contribution in [0.3, 0.4) is 0 Å². The monoisotopic (exact) mass is 250 g/mol. The lowest BCUT2D eigenvalue weighted by molar-refractivity contribution is -0.402. The number of ether oxygens (including phenoxy) is 1. The largest absolute Gasteiger partial charge is 0.459 e. The summed E-state index contributed by atoms with van der Waals surface area (Å²) in [5.74, 6) is -1.22. The summed E-state index contributed by atoms with van der Waals surface area (Å²) in [6, 6.07) is 4.07. The third kappa shape index (κ3) is 3.45. The maximum atomic E-state index is 11.4. The Bertz CT molecular complexity index is 536. The highest BCUT2D eigenvalue weighted by Gasteiger charge is 2.15. The molecule has 7 heteroatoms. The molecule has 1 aromatic heterocycles. The number of hydrogen-bond donors (Lipinski definition) is 0. The smallest absolute Gasteiger partial charge is 0.433 e. The van der Waals surface area contributed by atoms with E-state index >= 15 is 0 Å². The van der Waals surface area contributed by atoms with E-state index in [4.69, 9.17) is 14.4 Å². The van der Waals surface area contributed by atoms with Crippen molar-refractivity contribution in [3.05, 3.63) is 33.6 Å². The fourth-order valence-electron chi connectivity index (χ4n) is 1.07. The van der Waals surface area contributed by atoms with E-state index in [1.165, 1.54) is 6.07 Å². The Balaban J connectivity index is 2.94. The SMILES string of the molecule is CC(C)OC(=O)/C(C#N)=C\c1ccc([N+](=O)[O-])o1. The predicted octanol–water partition coefficient (Wildman–Crippen LogP) is 2.05. The molecule has 0 amide bonds. The molecule has 1 heterocycles. The quantitative estimate of drug-likeness (QED) is 0.266. The maximum absolute atomic E-state index is 11.4. The molecule has 0 spiro atoms. The number of rotatable bonds is 4. The fourth-order valence-corrected chi connectivity index (χ4v) is 1.07. The predicted molar refractivity (Wildman–Crippen MR) is 60.2 cm³/mol. The Morgan fingerprint density at radius 2 is 2.28 bits per heavy atom. The lowest BCUT2D eigenvalue weighted by atomic mass is 10.2. The van der Waals surface area contributed by atoms with Gasteiger partial charge in [-0.15, -0.1) is 0 Å². The zero-order valence-corrected chi connectivity index (χ0v) is 9.75. The van der Waals surface area contributed by atoms with E-state index in [1.807, 2.05) is 0 Å². The first-order valence-electron chi connectivity index (χ1n) is 5.01. The molecule has 1 rings (SSSR count). The molecule has 0 fully saturated rings. The van der Waals surface area contributed by atoms with Gasteiger partial charge in [0.2, 0.25) is 0 Å². The first-order valence-corrected chi connectivity index (χ1v) is 5.01. The van der Waals surface area contributed by atoms with Crippen molar-refractivity contribution >= 4 is 17.9 Å². The van der Waals surface area contributed by atoms with E-state index in [0.717, 1.165) is 12.1 Å². The number of esters is 1. The van der Waals surface area contributed by atoms with Gasteiger partial charge in [0.1, 0.15) is 22.3 Å². The molecule has 0 aliphatic rings. The number of furan rings is 1. The molecule has 0 N–H and O–H groups in total. The minimum Gasteiger partial charge on any atom is -0.459 e. The molecule has 1 aromatic rings. The van der Waals surface area contributed by atoms with E-state index in [-0.39, 0.29) is 17.4 Å². The fraction of sp³-hybridized carbons (Fsp3) is 0.273. The van der Waals surface area contributed by atoms with E-state index < -0.39 is 16.8 Å². The van der Waals surface area contributed by atoms with Crippen LogP contribution >= 0.6 is 0 Å². The van der Waals surface area contributed by atoms with Crippen molar-refractivity contribution in [3.8, 4) is 6.07 Å². The highest BCUT2D eigenvalue weighted by Crippen LogP contribution is 2.18. The van der Waals surface area contributed by atoms with Crippen molar-refractivity contribution in [1.29, 1.82) is 5.26 Å². The lowest BCUT2D eigenvalue weighted by Gasteiger charge is -2.05. The minimum absolute atomic E-state index is 0.0407. The molecule has 0 saturated heterocycles. The van der Waals surface area contributed by atoms with Gasteiger partial charge in [-0.25, -0.2) is 4.79 Å². The minimum atomic E-state index is -0.799. The van der Waals surface area contributed by atoms with Gasteiger partial charge in [-0.2, -0.15) is 5.26 Å². The summed E-state index contributed by atoms with van der Waals surface area (Å²) >= 11 is 0. The van der Waals surface area contributed by atoms with Crippen LogP contribution < -0.4 is 0 Å². The summed E-state index contributed by atoms with van der Waals surface area (Å²) in [4.78, 5) is 21.1. The molecule has 0 radical (unpaired) electrons. The molecule has 0 aromatic carbocycles. The normalized spacial score (nSPS) is 11.1. The van der Waals surface area contributed by atoms with Crippen LogP contribution in [0.1, 0.15) is 19.6 Å². The van der Waals surface area contributed by atoms with Crippen LogP contribution in [0.4, 0.5) is 5.88 Å². The summed E-state index contributed by atoms with van der Waals surface area (Å²) in [5, 5.41) is 19.2. The second kappa shape index (κ2) is 5.63.